The molecule has 0 radical (unpaired) electrons. The number of carbonyl (C=O) groups is 1. The van der Waals surface area contributed by atoms with Gasteiger partial charge in [-0.3, -0.25) is 9.78 Å². The molecule has 0 fully saturated rings. The van der Waals surface area contributed by atoms with E-state index in [-0.39, 0.29) is 5.91 Å². The number of anilines is 1. The fourth-order valence-corrected chi connectivity index (χ4v) is 2.84. The Morgan fingerprint density at radius 2 is 2.00 bits per heavy atom. The summed E-state index contributed by atoms with van der Waals surface area (Å²) in [4.78, 5) is 26.0. The second kappa shape index (κ2) is 6.75. The maximum atomic E-state index is 12.3. The van der Waals surface area contributed by atoms with E-state index in [4.69, 9.17) is 4.42 Å². The van der Waals surface area contributed by atoms with Crippen LogP contribution in [0.3, 0.4) is 0 Å². The lowest BCUT2D eigenvalue weighted by Crippen LogP contribution is -2.11. The number of amides is 1. The van der Waals surface area contributed by atoms with E-state index in [1.165, 1.54) is 5.56 Å². The molecule has 3 aromatic rings. The quantitative estimate of drug-likeness (QED) is 0.750. The average molecular weight is 328 g/mol. The zero-order valence-corrected chi connectivity index (χ0v) is 13.4. The van der Waals surface area contributed by atoms with E-state index < -0.39 is 5.76 Å². The molecule has 118 valence electrons. The lowest BCUT2D eigenvalue weighted by Gasteiger charge is -2.06. The van der Waals surface area contributed by atoms with E-state index >= 15 is 0 Å². The highest BCUT2D eigenvalue weighted by Crippen LogP contribution is 2.18. The minimum Gasteiger partial charge on any atom is -0.408 e. The molecule has 0 saturated heterocycles. The lowest BCUT2D eigenvalue weighted by atomic mass is 10.1. The SMILES string of the molecule is CCSCc1ccc(C(=O)Nc2ccc3oc(=O)[nH]c3c2)cc1. The van der Waals surface area contributed by atoms with Gasteiger partial charge in [-0.25, -0.2) is 4.79 Å². The van der Waals surface area contributed by atoms with Crippen molar-refractivity contribution < 1.29 is 9.21 Å². The molecule has 0 aliphatic heterocycles. The average Bonchev–Trinajstić information content (AvgIpc) is 2.92. The van der Waals surface area contributed by atoms with Gasteiger partial charge in [0.05, 0.1) is 5.52 Å². The minimum atomic E-state index is -0.510. The largest absolute Gasteiger partial charge is 0.417 e. The molecule has 2 aromatic carbocycles. The topological polar surface area (TPSA) is 75.1 Å². The number of aromatic nitrogens is 1. The maximum absolute atomic E-state index is 12.3. The standard InChI is InChI=1S/C17H16N2O3S/c1-2-23-10-11-3-5-12(6-4-11)16(20)18-13-7-8-15-14(9-13)19-17(21)22-15/h3-9H,2,10H2,1H3,(H,18,20)(H,19,21). The lowest BCUT2D eigenvalue weighted by molar-refractivity contribution is 0.102. The molecule has 6 heteroatoms. The molecule has 1 aromatic heterocycles. The van der Waals surface area contributed by atoms with Crippen LogP contribution in [0.1, 0.15) is 22.8 Å². The summed E-state index contributed by atoms with van der Waals surface area (Å²) in [7, 11) is 0. The van der Waals surface area contributed by atoms with E-state index in [9.17, 15) is 9.59 Å². The van der Waals surface area contributed by atoms with Crippen LogP contribution in [0.25, 0.3) is 11.1 Å². The van der Waals surface area contributed by atoms with Crippen molar-refractivity contribution in [2.24, 2.45) is 0 Å². The molecule has 0 bridgehead atoms. The summed E-state index contributed by atoms with van der Waals surface area (Å²) < 4.78 is 4.93. The summed E-state index contributed by atoms with van der Waals surface area (Å²) >= 11 is 1.84. The van der Waals surface area contributed by atoms with Gasteiger partial charge < -0.3 is 9.73 Å². The predicted octanol–water partition coefficient (Wildman–Crippen LogP) is 3.63. The Balaban J connectivity index is 1.73. The van der Waals surface area contributed by atoms with Gasteiger partial charge in [0.15, 0.2) is 5.58 Å². The monoisotopic (exact) mass is 328 g/mol. The van der Waals surface area contributed by atoms with E-state index in [1.807, 2.05) is 36.0 Å². The van der Waals surface area contributed by atoms with Crippen LogP contribution < -0.4 is 11.1 Å². The Labute approximate surface area is 137 Å². The van der Waals surface area contributed by atoms with Crippen LogP contribution >= 0.6 is 11.8 Å². The number of aromatic amines is 1. The third kappa shape index (κ3) is 3.65. The summed E-state index contributed by atoms with van der Waals surface area (Å²) in [5.74, 6) is 1.32. The highest BCUT2D eigenvalue weighted by molar-refractivity contribution is 7.98. The molecular weight excluding hydrogens is 312 g/mol. The maximum Gasteiger partial charge on any atom is 0.417 e. The van der Waals surface area contributed by atoms with Crippen LogP contribution in [0.2, 0.25) is 0 Å². The van der Waals surface area contributed by atoms with Gasteiger partial charge in [-0.2, -0.15) is 11.8 Å². The number of nitrogens with one attached hydrogen (secondary N) is 2. The van der Waals surface area contributed by atoms with Gasteiger partial charge in [-0.15, -0.1) is 0 Å². The normalized spacial score (nSPS) is 10.8. The van der Waals surface area contributed by atoms with Crippen LogP contribution in [-0.4, -0.2) is 16.6 Å². The Morgan fingerprint density at radius 1 is 1.22 bits per heavy atom. The summed E-state index contributed by atoms with van der Waals surface area (Å²) in [5.41, 5.74) is 3.41. The number of fused-ring (bicyclic) bond motifs is 1. The van der Waals surface area contributed by atoms with Gasteiger partial charge in [0.25, 0.3) is 5.91 Å². The van der Waals surface area contributed by atoms with E-state index in [0.717, 1.165) is 11.5 Å². The van der Waals surface area contributed by atoms with Crippen molar-refractivity contribution in [2.75, 3.05) is 11.1 Å². The Morgan fingerprint density at radius 3 is 2.74 bits per heavy atom. The van der Waals surface area contributed by atoms with Crippen LogP contribution in [0.5, 0.6) is 0 Å². The summed E-state index contributed by atoms with van der Waals surface area (Å²) in [6, 6.07) is 12.6. The van der Waals surface area contributed by atoms with Crippen LogP contribution in [0, 0.1) is 0 Å². The molecule has 0 aliphatic rings. The van der Waals surface area contributed by atoms with Gasteiger partial charge in [-0.05, 0) is 41.6 Å². The number of thioether (sulfide) groups is 1. The van der Waals surface area contributed by atoms with Crippen molar-refractivity contribution in [2.45, 2.75) is 12.7 Å². The Bertz CT molecular complexity index is 881. The third-order valence-corrected chi connectivity index (χ3v) is 4.31. The molecule has 0 unspecified atom stereocenters. The zero-order chi connectivity index (χ0) is 16.2. The van der Waals surface area contributed by atoms with Crippen molar-refractivity contribution in [3.8, 4) is 0 Å². The molecule has 1 heterocycles. The number of rotatable bonds is 5. The van der Waals surface area contributed by atoms with E-state index in [0.29, 0.717) is 22.4 Å². The fourth-order valence-electron chi connectivity index (χ4n) is 2.21. The summed E-state index contributed by atoms with van der Waals surface area (Å²) in [5, 5.41) is 2.81. The van der Waals surface area contributed by atoms with E-state index in [2.05, 4.69) is 17.2 Å². The number of H-pyrrole nitrogens is 1. The highest BCUT2D eigenvalue weighted by atomic mass is 32.2. The van der Waals surface area contributed by atoms with Gasteiger partial charge in [0.1, 0.15) is 0 Å². The second-order valence-electron chi connectivity index (χ2n) is 5.01. The molecule has 0 atom stereocenters. The number of carbonyl (C=O) groups excluding carboxylic acids is 1. The van der Waals surface area contributed by atoms with Crippen LogP contribution in [0.15, 0.2) is 51.7 Å². The number of hydrogen-bond donors (Lipinski definition) is 2. The van der Waals surface area contributed by atoms with Crippen molar-refractivity contribution in [1.29, 1.82) is 0 Å². The summed E-state index contributed by atoms with van der Waals surface area (Å²) in [6.07, 6.45) is 0. The molecule has 0 spiro atoms. The van der Waals surface area contributed by atoms with Gasteiger partial charge in [-0.1, -0.05) is 19.1 Å². The first kappa shape index (κ1) is 15.4. The molecule has 23 heavy (non-hydrogen) atoms. The highest BCUT2D eigenvalue weighted by Gasteiger charge is 2.08. The van der Waals surface area contributed by atoms with Crippen LogP contribution in [-0.2, 0) is 5.75 Å². The van der Waals surface area contributed by atoms with Gasteiger partial charge in [0, 0.05) is 17.0 Å². The smallest absolute Gasteiger partial charge is 0.408 e. The zero-order valence-electron chi connectivity index (χ0n) is 12.6. The first-order valence-corrected chi connectivity index (χ1v) is 8.42. The van der Waals surface area contributed by atoms with Gasteiger partial charge >= 0.3 is 5.76 Å². The first-order chi connectivity index (χ1) is 11.2. The molecule has 2 N–H and O–H groups in total. The van der Waals surface area contributed by atoms with E-state index in [1.54, 1.807) is 18.2 Å². The molecular formula is C17H16N2O3S. The Kier molecular flexibility index (Phi) is 4.52. The predicted molar refractivity (Wildman–Crippen MR) is 93.1 cm³/mol. The fraction of sp³-hybridized carbons (Fsp3) is 0.176. The Hall–Kier alpha value is -2.47. The molecule has 0 aliphatic carbocycles. The first-order valence-electron chi connectivity index (χ1n) is 7.26. The van der Waals surface area contributed by atoms with Crippen molar-refractivity contribution in [3.63, 3.8) is 0 Å². The third-order valence-electron chi connectivity index (χ3n) is 3.37. The second-order valence-corrected chi connectivity index (χ2v) is 6.29. The number of benzene rings is 2. The molecule has 5 nitrogen and oxygen atoms in total. The van der Waals surface area contributed by atoms with Crippen molar-refractivity contribution in [3.05, 3.63) is 64.1 Å². The number of oxazole rings is 1. The van der Waals surface area contributed by atoms with Crippen LogP contribution in [0.4, 0.5) is 5.69 Å². The molecule has 3 rings (SSSR count). The van der Waals surface area contributed by atoms with Crippen molar-refractivity contribution in [1.82, 2.24) is 4.98 Å². The van der Waals surface area contributed by atoms with Crippen molar-refractivity contribution >= 4 is 34.5 Å². The molecule has 1 amide bonds. The minimum absolute atomic E-state index is 0.190. The number of hydrogen-bond acceptors (Lipinski definition) is 4. The van der Waals surface area contributed by atoms with Gasteiger partial charge in [0.2, 0.25) is 0 Å². The molecule has 0 saturated carbocycles. The summed E-state index contributed by atoms with van der Waals surface area (Å²) in [6.45, 7) is 2.12.